The normalized spacial score (nSPS) is 14.1. The van der Waals surface area contributed by atoms with Crippen molar-refractivity contribution < 1.29 is 9.22 Å². The first kappa shape index (κ1) is 10.9. The highest BCUT2D eigenvalue weighted by Crippen LogP contribution is 2.13. The SMILES string of the molecule is C[Si](O)(Oc1ccccc1)c1ccccc1. The number of hydrogen-bond acceptors (Lipinski definition) is 2. The average molecular weight is 230 g/mol. The van der Waals surface area contributed by atoms with Crippen LogP contribution in [0, 0.1) is 0 Å². The highest BCUT2D eigenvalue weighted by Gasteiger charge is 2.31. The standard InChI is InChI=1S/C13H14O2Si/c1-16(14,13-10-6-3-7-11-13)15-12-8-4-2-5-9-12/h2-11,14H,1H3. The van der Waals surface area contributed by atoms with Crippen molar-refractivity contribution in [3.05, 3.63) is 60.7 Å². The lowest BCUT2D eigenvalue weighted by Crippen LogP contribution is -2.51. The molecule has 16 heavy (non-hydrogen) atoms. The summed E-state index contributed by atoms with van der Waals surface area (Å²) in [6.45, 7) is 1.77. The van der Waals surface area contributed by atoms with Crippen LogP contribution in [0.3, 0.4) is 0 Å². The fourth-order valence-corrected chi connectivity index (χ4v) is 3.05. The van der Waals surface area contributed by atoms with E-state index in [2.05, 4.69) is 0 Å². The van der Waals surface area contributed by atoms with Gasteiger partial charge in [-0.25, -0.2) is 0 Å². The summed E-state index contributed by atoms with van der Waals surface area (Å²) < 4.78 is 5.68. The zero-order valence-electron chi connectivity index (χ0n) is 9.13. The van der Waals surface area contributed by atoms with Gasteiger partial charge in [-0.1, -0.05) is 48.5 Å². The maximum Gasteiger partial charge on any atom is 0.427 e. The van der Waals surface area contributed by atoms with E-state index in [0.29, 0.717) is 5.75 Å². The van der Waals surface area contributed by atoms with Gasteiger partial charge in [0.25, 0.3) is 0 Å². The van der Waals surface area contributed by atoms with Gasteiger partial charge in [-0.3, -0.25) is 0 Å². The highest BCUT2D eigenvalue weighted by atomic mass is 28.4. The molecule has 0 saturated carbocycles. The van der Waals surface area contributed by atoms with Crippen LogP contribution in [0.15, 0.2) is 60.7 Å². The van der Waals surface area contributed by atoms with E-state index in [9.17, 15) is 4.80 Å². The van der Waals surface area contributed by atoms with Gasteiger partial charge in [0.2, 0.25) is 0 Å². The number of rotatable bonds is 3. The Labute approximate surface area is 96.4 Å². The van der Waals surface area contributed by atoms with Crippen molar-refractivity contribution >= 4 is 13.7 Å². The molecule has 0 spiro atoms. The van der Waals surface area contributed by atoms with E-state index in [1.54, 1.807) is 6.55 Å². The molecule has 0 radical (unpaired) electrons. The highest BCUT2D eigenvalue weighted by molar-refractivity contribution is 6.79. The molecule has 0 heterocycles. The van der Waals surface area contributed by atoms with Crippen LogP contribution in [-0.4, -0.2) is 13.4 Å². The molecule has 0 aliphatic heterocycles. The van der Waals surface area contributed by atoms with Crippen LogP contribution in [0.4, 0.5) is 0 Å². The van der Waals surface area contributed by atoms with Crippen LogP contribution in [0.1, 0.15) is 0 Å². The van der Waals surface area contributed by atoms with Crippen molar-refractivity contribution in [1.82, 2.24) is 0 Å². The first-order chi connectivity index (χ1) is 7.68. The van der Waals surface area contributed by atoms with Crippen molar-refractivity contribution in [2.75, 3.05) is 0 Å². The molecular formula is C13H14O2Si. The summed E-state index contributed by atoms with van der Waals surface area (Å²) in [5, 5.41) is 0.874. The Morgan fingerprint density at radius 3 is 1.94 bits per heavy atom. The molecule has 1 unspecified atom stereocenters. The molecule has 0 fully saturated rings. The zero-order chi connectivity index (χ0) is 11.4. The molecular weight excluding hydrogens is 216 g/mol. The lowest BCUT2D eigenvalue weighted by atomic mass is 10.3. The monoisotopic (exact) mass is 230 g/mol. The minimum absolute atomic E-state index is 0.711. The Morgan fingerprint density at radius 1 is 0.875 bits per heavy atom. The van der Waals surface area contributed by atoms with Crippen LogP contribution in [0.5, 0.6) is 5.75 Å². The van der Waals surface area contributed by atoms with E-state index < -0.39 is 8.56 Å². The molecule has 1 atom stereocenters. The van der Waals surface area contributed by atoms with Crippen molar-refractivity contribution in [3.8, 4) is 5.75 Å². The van der Waals surface area contributed by atoms with Gasteiger partial charge in [-0.05, 0) is 18.7 Å². The second-order valence-electron chi connectivity index (χ2n) is 3.76. The van der Waals surface area contributed by atoms with Gasteiger partial charge in [0.05, 0.1) is 0 Å². The van der Waals surface area contributed by atoms with Crippen LogP contribution >= 0.6 is 0 Å². The molecule has 0 amide bonds. The van der Waals surface area contributed by atoms with Crippen molar-refractivity contribution in [3.63, 3.8) is 0 Å². The van der Waals surface area contributed by atoms with Crippen LogP contribution in [0.25, 0.3) is 0 Å². The molecule has 2 nitrogen and oxygen atoms in total. The largest absolute Gasteiger partial charge is 0.517 e. The molecule has 82 valence electrons. The summed E-state index contributed by atoms with van der Waals surface area (Å²) in [5.74, 6) is 0.711. The number of para-hydroxylation sites is 1. The first-order valence-corrected chi connectivity index (χ1v) is 7.56. The van der Waals surface area contributed by atoms with Crippen molar-refractivity contribution in [1.29, 1.82) is 0 Å². The Kier molecular flexibility index (Phi) is 3.08. The smallest absolute Gasteiger partial charge is 0.427 e. The van der Waals surface area contributed by atoms with Crippen LogP contribution in [0.2, 0.25) is 6.55 Å². The molecule has 0 aromatic heterocycles. The average Bonchev–Trinajstić information content (AvgIpc) is 2.31. The van der Waals surface area contributed by atoms with Gasteiger partial charge in [0.1, 0.15) is 5.75 Å². The summed E-state index contributed by atoms with van der Waals surface area (Å²) >= 11 is 0. The molecule has 0 saturated heterocycles. The van der Waals surface area contributed by atoms with E-state index in [1.807, 2.05) is 60.7 Å². The molecule has 2 aromatic carbocycles. The topological polar surface area (TPSA) is 29.5 Å². The fourth-order valence-electron chi connectivity index (χ4n) is 1.52. The van der Waals surface area contributed by atoms with Gasteiger partial charge in [0.15, 0.2) is 0 Å². The Hall–Kier alpha value is -1.58. The quantitative estimate of drug-likeness (QED) is 0.818. The second kappa shape index (κ2) is 4.51. The van der Waals surface area contributed by atoms with Gasteiger partial charge < -0.3 is 9.22 Å². The van der Waals surface area contributed by atoms with E-state index >= 15 is 0 Å². The minimum atomic E-state index is -2.82. The van der Waals surface area contributed by atoms with Crippen LogP contribution < -0.4 is 9.61 Å². The second-order valence-corrected chi connectivity index (χ2v) is 6.51. The zero-order valence-corrected chi connectivity index (χ0v) is 10.1. The predicted molar refractivity (Wildman–Crippen MR) is 67.0 cm³/mol. The third-order valence-corrected chi connectivity index (χ3v) is 4.41. The van der Waals surface area contributed by atoms with Crippen molar-refractivity contribution in [2.45, 2.75) is 6.55 Å². The lowest BCUT2D eigenvalue weighted by Gasteiger charge is -2.21. The first-order valence-electron chi connectivity index (χ1n) is 5.20. The van der Waals surface area contributed by atoms with Gasteiger partial charge in [-0.2, -0.15) is 0 Å². The molecule has 0 aliphatic rings. The van der Waals surface area contributed by atoms with Gasteiger partial charge in [-0.15, -0.1) is 0 Å². The molecule has 0 bridgehead atoms. The van der Waals surface area contributed by atoms with E-state index in [1.165, 1.54) is 0 Å². The number of benzene rings is 2. The molecule has 1 N–H and O–H groups in total. The molecule has 0 aliphatic carbocycles. The Morgan fingerprint density at radius 2 is 1.38 bits per heavy atom. The van der Waals surface area contributed by atoms with E-state index in [-0.39, 0.29) is 0 Å². The summed E-state index contributed by atoms with van der Waals surface area (Å²) in [4.78, 5) is 10.4. The summed E-state index contributed by atoms with van der Waals surface area (Å²) in [5.41, 5.74) is 0. The summed E-state index contributed by atoms with van der Waals surface area (Å²) in [6, 6.07) is 19.0. The Bertz CT molecular complexity index is 440. The fraction of sp³-hybridized carbons (Fsp3) is 0.0769. The van der Waals surface area contributed by atoms with E-state index in [4.69, 9.17) is 4.43 Å². The maximum absolute atomic E-state index is 10.4. The van der Waals surface area contributed by atoms with Gasteiger partial charge in [0, 0.05) is 5.19 Å². The Balaban J connectivity index is 2.21. The molecule has 2 aromatic rings. The van der Waals surface area contributed by atoms with Gasteiger partial charge >= 0.3 is 8.56 Å². The summed E-state index contributed by atoms with van der Waals surface area (Å²) in [6.07, 6.45) is 0. The number of hydrogen-bond donors (Lipinski definition) is 1. The third kappa shape index (κ3) is 2.51. The predicted octanol–water partition coefficient (Wildman–Crippen LogP) is 2.04. The third-order valence-electron chi connectivity index (χ3n) is 2.37. The van der Waals surface area contributed by atoms with Crippen molar-refractivity contribution in [2.24, 2.45) is 0 Å². The maximum atomic E-state index is 10.4. The molecule has 3 heteroatoms. The minimum Gasteiger partial charge on any atom is -0.517 e. The summed E-state index contributed by atoms with van der Waals surface area (Å²) in [7, 11) is -2.82. The molecule has 2 rings (SSSR count). The lowest BCUT2D eigenvalue weighted by molar-refractivity contribution is 0.400. The van der Waals surface area contributed by atoms with E-state index in [0.717, 1.165) is 5.19 Å². The van der Waals surface area contributed by atoms with Crippen LogP contribution in [-0.2, 0) is 0 Å².